The molecule has 2 saturated heterocycles. The van der Waals surface area contributed by atoms with Crippen LogP contribution in [0.25, 0.3) is 11.0 Å². The Morgan fingerprint density at radius 2 is 1.96 bits per heavy atom. The molecule has 0 aliphatic carbocycles. The van der Waals surface area contributed by atoms with E-state index in [1.54, 1.807) is 12.1 Å². The summed E-state index contributed by atoms with van der Waals surface area (Å²) in [7, 11) is 0. The van der Waals surface area contributed by atoms with Crippen molar-refractivity contribution in [2.24, 2.45) is 0 Å². The lowest BCUT2D eigenvalue weighted by atomic mass is 10.2. The minimum absolute atomic E-state index is 0.00181. The number of nitrogens with zero attached hydrogens (tertiary/aromatic N) is 5. The normalized spacial score (nSPS) is 19.5. The van der Waals surface area contributed by atoms with E-state index in [2.05, 4.69) is 25.3 Å². The maximum absolute atomic E-state index is 12.9. The van der Waals surface area contributed by atoms with Crippen LogP contribution in [0, 0.1) is 0 Å². The van der Waals surface area contributed by atoms with Crippen LogP contribution in [0.4, 0.5) is 5.82 Å². The molecule has 144 valence electrons. The van der Waals surface area contributed by atoms with Gasteiger partial charge in [0.1, 0.15) is 17.1 Å². The van der Waals surface area contributed by atoms with E-state index in [1.165, 1.54) is 12.8 Å². The molecule has 1 amide bonds. The number of likely N-dealkylation sites (tertiary alicyclic amines) is 1. The Morgan fingerprint density at radius 3 is 2.86 bits per heavy atom. The molecule has 1 aromatic carbocycles. The molecule has 2 aliphatic rings. The predicted octanol–water partition coefficient (Wildman–Crippen LogP) is 2.25. The summed E-state index contributed by atoms with van der Waals surface area (Å²) in [6.45, 7) is 3.30. The summed E-state index contributed by atoms with van der Waals surface area (Å²) >= 11 is 0. The zero-order valence-corrected chi connectivity index (χ0v) is 15.5. The number of carbonyl (C=O) groups is 1. The average Bonchev–Trinajstić information content (AvgIpc) is 3.48. The summed E-state index contributed by atoms with van der Waals surface area (Å²) in [6.07, 6.45) is 4.98. The molecule has 0 bridgehead atoms. The van der Waals surface area contributed by atoms with Crippen molar-refractivity contribution in [3.63, 3.8) is 0 Å². The number of fused-ring (bicyclic) bond motifs is 1. The van der Waals surface area contributed by atoms with Crippen molar-refractivity contribution in [2.75, 3.05) is 31.1 Å². The summed E-state index contributed by atoms with van der Waals surface area (Å²) < 4.78 is 6.27. The first-order valence-corrected chi connectivity index (χ1v) is 9.74. The molecule has 2 fully saturated rings. The van der Waals surface area contributed by atoms with Crippen LogP contribution < -0.4 is 9.64 Å². The lowest BCUT2D eigenvalue weighted by molar-refractivity contribution is 0.0772. The van der Waals surface area contributed by atoms with Gasteiger partial charge in [-0.3, -0.25) is 4.79 Å². The molecule has 2 aliphatic heterocycles. The molecular formula is C20H22N6O2. The number of hydrogen-bond acceptors (Lipinski definition) is 6. The second-order valence-corrected chi connectivity index (χ2v) is 7.33. The fourth-order valence-corrected chi connectivity index (χ4v) is 3.98. The third-order valence-electron chi connectivity index (χ3n) is 5.45. The number of H-pyrrole nitrogens is 1. The topological polar surface area (TPSA) is 87.2 Å². The first kappa shape index (κ1) is 17.0. The summed E-state index contributed by atoms with van der Waals surface area (Å²) in [5, 5.41) is 10.7. The van der Waals surface area contributed by atoms with Crippen LogP contribution >= 0.6 is 0 Å². The Labute approximate surface area is 162 Å². The van der Waals surface area contributed by atoms with Crippen molar-refractivity contribution in [3.8, 4) is 5.75 Å². The van der Waals surface area contributed by atoms with E-state index >= 15 is 0 Å². The molecule has 4 heterocycles. The Morgan fingerprint density at radius 1 is 1.11 bits per heavy atom. The molecule has 1 unspecified atom stereocenters. The SMILES string of the molecule is O=C(c1ccc2n[nH]nc2c1)N1CCC(Oc2cccnc2N2CCCC2)C1. The minimum atomic E-state index is -0.0229. The monoisotopic (exact) mass is 378 g/mol. The largest absolute Gasteiger partial charge is 0.485 e. The van der Waals surface area contributed by atoms with Gasteiger partial charge in [-0.2, -0.15) is 15.4 Å². The van der Waals surface area contributed by atoms with Gasteiger partial charge in [-0.1, -0.05) is 0 Å². The van der Waals surface area contributed by atoms with Crippen molar-refractivity contribution in [1.29, 1.82) is 0 Å². The number of amides is 1. The maximum atomic E-state index is 12.9. The van der Waals surface area contributed by atoms with Crippen molar-refractivity contribution >= 4 is 22.8 Å². The summed E-state index contributed by atoms with van der Waals surface area (Å²) in [4.78, 5) is 21.5. The summed E-state index contributed by atoms with van der Waals surface area (Å²) in [5.74, 6) is 1.73. The van der Waals surface area contributed by atoms with E-state index in [1.807, 2.05) is 29.3 Å². The first-order chi connectivity index (χ1) is 13.8. The highest BCUT2D eigenvalue weighted by atomic mass is 16.5. The van der Waals surface area contributed by atoms with Crippen LogP contribution in [-0.4, -0.2) is 63.5 Å². The lowest BCUT2D eigenvalue weighted by Crippen LogP contribution is -2.31. The number of aromatic amines is 1. The number of aromatic nitrogens is 4. The van der Waals surface area contributed by atoms with E-state index in [-0.39, 0.29) is 12.0 Å². The highest BCUT2D eigenvalue weighted by Crippen LogP contribution is 2.30. The highest BCUT2D eigenvalue weighted by molar-refractivity contribution is 5.97. The fourth-order valence-electron chi connectivity index (χ4n) is 3.98. The second kappa shape index (κ2) is 7.10. The first-order valence-electron chi connectivity index (χ1n) is 9.74. The number of nitrogens with one attached hydrogen (secondary N) is 1. The van der Waals surface area contributed by atoms with E-state index in [9.17, 15) is 4.79 Å². The smallest absolute Gasteiger partial charge is 0.254 e. The van der Waals surface area contributed by atoms with E-state index in [0.717, 1.165) is 36.6 Å². The Bertz CT molecular complexity index is 997. The maximum Gasteiger partial charge on any atom is 0.254 e. The van der Waals surface area contributed by atoms with Crippen molar-refractivity contribution in [1.82, 2.24) is 25.3 Å². The standard InChI is InChI=1S/C20H22N6O2/c27-20(14-5-6-16-17(12-14)23-24-22-16)26-11-7-15(13-26)28-18-4-3-8-21-19(18)25-9-1-2-10-25/h3-6,8,12,15H,1-2,7,9-11,13H2,(H,22,23,24). The van der Waals surface area contributed by atoms with Gasteiger partial charge in [0.15, 0.2) is 11.6 Å². The van der Waals surface area contributed by atoms with Crippen LogP contribution in [0.1, 0.15) is 29.6 Å². The number of pyridine rings is 1. The van der Waals surface area contributed by atoms with Gasteiger partial charge in [0.2, 0.25) is 0 Å². The lowest BCUT2D eigenvalue weighted by Gasteiger charge is -2.22. The van der Waals surface area contributed by atoms with Gasteiger partial charge in [0.05, 0.1) is 6.54 Å². The minimum Gasteiger partial charge on any atom is -0.485 e. The van der Waals surface area contributed by atoms with Crippen LogP contribution in [0.5, 0.6) is 5.75 Å². The van der Waals surface area contributed by atoms with Crippen LogP contribution in [0.2, 0.25) is 0 Å². The molecule has 1 N–H and O–H groups in total. The number of rotatable bonds is 4. The van der Waals surface area contributed by atoms with Gasteiger partial charge in [0, 0.05) is 37.8 Å². The van der Waals surface area contributed by atoms with Gasteiger partial charge >= 0.3 is 0 Å². The quantitative estimate of drug-likeness (QED) is 0.749. The number of ether oxygens (including phenoxy) is 1. The van der Waals surface area contributed by atoms with Crippen LogP contribution in [0.15, 0.2) is 36.5 Å². The van der Waals surface area contributed by atoms with E-state index in [4.69, 9.17) is 4.74 Å². The average molecular weight is 378 g/mol. The molecular weight excluding hydrogens is 356 g/mol. The zero-order valence-electron chi connectivity index (χ0n) is 15.5. The molecule has 5 rings (SSSR count). The van der Waals surface area contributed by atoms with Crippen LogP contribution in [0.3, 0.4) is 0 Å². The molecule has 8 nitrogen and oxygen atoms in total. The highest BCUT2D eigenvalue weighted by Gasteiger charge is 2.30. The van der Waals surface area contributed by atoms with Crippen LogP contribution in [-0.2, 0) is 0 Å². The van der Waals surface area contributed by atoms with Gasteiger partial charge in [-0.05, 0) is 43.2 Å². The molecule has 0 saturated carbocycles. The summed E-state index contributed by atoms with van der Waals surface area (Å²) in [5.41, 5.74) is 2.08. The molecule has 28 heavy (non-hydrogen) atoms. The second-order valence-electron chi connectivity index (χ2n) is 7.33. The molecule has 8 heteroatoms. The number of carbonyl (C=O) groups excluding carboxylic acids is 1. The third-order valence-corrected chi connectivity index (χ3v) is 5.45. The molecule has 1 atom stereocenters. The number of benzene rings is 1. The van der Waals surface area contributed by atoms with Gasteiger partial charge in [0.25, 0.3) is 5.91 Å². The predicted molar refractivity (Wildman–Crippen MR) is 105 cm³/mol. The Hall–Kier alpha value is -3.16. The van der Waals surface area contributed by atoms with Crippen molar-refractivity contribution < 1.29 is 9.53 Å². The third kappa shape index (κ3) is 3.15. The fraction of sp³-hybridized carbons (Fsp3) is 0.400. The van der Waals surface area contributed by atoms with Crippen molar-refractivity contribution in [3.05, 3.63) is 42.1 Å². The van der Waals surface area contributed by atoms with Crippen molar-refractivity contribution in [2.45, 2.75) is 25.4 Å². The molecule has 0 spiro atoms. The molecule has 0 radical (unpaired) electrons. The van der Waals surface area contributed by atoms with Gasteiger partial charge < -0.3 is 14.5 Å². The van der Waals surface area contributed by atoms with E-state index in [0.29, 0.717) is 24.2 Å². The molecule has 3 aromatic rings. The summed E-state index contributed by atoms with van der Waals surface area (Å²) in [6, 6.07) is 9.27. The Kier molecular flexibility index (Phi) is 4.31. The van der Waals surface area contributed by atoms with Gasteiger partial charge in [-0.15, -0.1) is 0 Å². The number of anilines is 1. The number of hydrogen-bond donors (Lipinski definition) is 1. The Balaban J connectivity index is 1.28. The van der Waals surface area contributed by atoms with Gasteiger partial charge in [-0.25, -0.2) is 4.98 Å². The zero-order chi connectivity index (χ0) is 18.9. The molecule has 2 aromatic heterocycles. The van der Waals surface area contributed by atoms with E-state index < -0.39 is 0 Å².